The molecule has 3 heteroatoms. The Bertz CT molecular complexity index is 165. The van der Waals surface area contributed by atoms with E-state index < -0.39 is 0 Å². The fourth-order valence-corrected chi connectivity index (χ4v) is 1.52. The Morgan fingerprint density at radius 3 is 2.38 bits per heavy atom. The highest BCUT2D eigenvalue weighted by atomic mass is 16.5. The minimum atomic E-state index is 0.167. The number of hydrogen-bond donors (Lipinski definition) is 0. The van der Waals surface area contributed by atoms with Crippen LogP contribution in [0.1, 0.15) is 41.0 Å². The number of rotatable bonds is 2. The first-order valence-corrected chi connectivity index (χ1v) is 5.08. The van der Waals surface area contributed by atoms with Gasteiger partial charge in [-0.25, -0.2) is 10.0 Å². The van der Waals surface area contributed by atoms with Crippen LogP contribution in [0.3, 0.4) is 0 Å². The normalized spacial score (nSPS) is 23.8. The molecule has 0 aromatic heterocycles. The lowest BCUT2D eigenvalue weighted by Gasteiger charge is -2.39. The van der Waals surface area contributed by atoms with Crippen LogP contribution in [0, 0.1) is 0 Å². The Morgan fingerprint density at radius 1 is 1.31 bits per heavy atom. The molecule has 3 nitrogen and oxygen atoms in total. The predicted molar refractivity (Wildman–Crippen MR) is 54.0 cm³/mol. The van der Waals surface area contributed by atoms with Gasteiger partial charge >= 0.3 is 0 Å². The van der Waals surface area contributed by atoms with Crippen molar-refractivity contribution in [3.63, 3.8) is 0 Å². The summed E-state index contributed by atoms with van der Waals surface area (Å²) >= 11 is 0. The molecular formula is C10H22N2O. The minimum absolute atomic E-state index is 0.167. The van der Waals surface area contributed by atoms with Gasteiger partial charge in [-0.1, -0.05) is 6.92 Å². The van der Waals surface area contributed by atoms with Gasteiger partial charge in [-0.2, -0.15) is 0 Å². The third-order valence-corrected chi connectivity index (χ3v) is 2.62. The highest BCUT2D eigenvalue weighted by Gasteiger charge is 2.33. The lowest BCUT2D eigenvalue weighted by atomic mass is 10.1. The van der Waals surface area contributed by atoms with Crippen molar-refractivity contribution in [3.05, 3.63) is 0 Å². The number of nitrogens with zero attached hydrogens (tertiary/aromatic N) is 2. The average molecular weight is 186 g/mol. The Balaban J connectivity index is 2.64. The van der Waals surface area contributed by atoms with E-state index in [-0.39, 0.29) is 5.54 Å². The molecule has 1 rings (SSSR count). The Labute approximate surface area is 81.6 Å². The molecule has 0 spiro atoms. The summed E-state index contributed by atoms with van der Waals surface area (Å²) in [5, 5.41) is 4.63. The molecule has 0 aromatic rings. The van der Waals surface area contributed by atoms with Crippen molar-refractivity contribution in [2.45, 2.75) is 52.6 Å². The molecule has 1 unspecified atom stereocenters. The summed E-state index contributed by atoms with van der Waals surface area (Å²) in [5.41, 5.74) is 0.167. The van der Waals surface area contributed by atoms with Crippen LogP contribution in [0.4, 0.5) is 0 Å². The predicted octanol–water partition coefficient (Wildman–Crippen LogP) is 2.05. The zero-order chi connectivity index (χ0) is 10.1. The Morgan fingerprint density at radius 2 is 1.92 bits per heavy atom. The average Bonchev–Trinajstić information content (AvgIpc) is 2.49. The second kappa shape index (κ2) is 3.95. The minimum Gasteiger partial charge on any atom is -0.348 e. The van der Waals surface area contributed by atoms with Crippen molar-refractivity contribution in [2.75, 3.05) is 13.5 Å². The Hall–Kier alpha value is -0.120. The van der Waals surface area contributed by atoms with E-state index >= 15 is 0 Å². The largest absolute Gasteiger partial charge is 0.348 e. The summed E-state index contributed by atoms with van der Waals surface area (Å²) in [5.74, 6) is 0. The molecular weight excluding hydrogens is 164 g/mol. The fourth-order valence-electron chi connectivity index (χ4n) is 1.52. The molecule has 1 heterocycles. The first kappa shape index (κ1) is 11.0. The van der Waals surface area contributed by atoms with Crippen molar-refractivity contribution >= 4 is 0 Å². The van der Waals surface area contributed by atoms with Gasteiger partial charge in [-0.3, -0.25) is 0 Å². The second-order valence-corrected chi connectivity index (χ2v) is 4.73. The van der Waals surface area contributed by atoms with E-state index in [2.05, 4.69) is 44.6 Å². The quantitative estimate of drug-likeness (QED) is 0.656. The van der Waals surface area contributed by atoms with Crippen molar-refractivity contribution in [3.8, 4) is 0 Å². The fraction of sp³-hybridized carbons (Fsp3) is 1.00. The van der Waals surface area contributed by atoms with Crippen LogP contribution in [0.15, 0.2) is 0 Å². The van der Waals surface area contributed by atoms with E-state index in [1.54, 1.807) is 0 Å². The standard InChI is InChI=1S/C10H22N2O/c1-6-9(2)11-7-13-8-12(11)10(3,4)5/h9H,6-8H2,1-5H3. The van der Waals surface area contributed by atoms with E-state index in [1.807, 2.05) is 0 Å². The zero-order valence-electron chi connectivity index (χ0n) is 9.50. The van der Waals surface area contributed by atoms with Crippen LogP contribution in [-0.4, -0.2) is 35.1 Å². The highest BCUT2D eigenvalue weighted by molar-refractivity contribution is 4.76. The Kier molecular flexibility index (Phi) is 3.33. The molecule has 0 N–H and O–H groups in total. The van der Waals surface area contributed by atoms with Crippen LogP contribution in [0.2, 0.25) is 0 Å². The summed E-state index contributed by atoms with van der Waals surface area (Å²) in [4.78, 5) is 0. The lowest BCUT2D eigenvalue weighted by molar-refractivity contribution is -0.0742. The molecule has 0 bridgehead atoms. The first-order valence-electron chi connectivity index (χ1n) is 5.08. The number of hydrazine groups is 1. The van der Waals surface area contributed by atoms with Gasteiger partial charge in [0.15, 0.2) is 0 Å². The molecule has 78 valence electrons. The molecule has 0 amide bonds. The molecule has 1 atom stereocenters. The molecule has 0 saturated carbocycles. The molecule has 1 saturated heterocycles. The number of ether oxygens (including phenoxy) is 1. The molecule has 1 fully saturated rings. The maximum atomic E-state index is 5.47. The zero-order valence-corrected chi connectivity index (χ0v) is 9.50. The molecule has 0 aliphatic carbocycles. The van der Waals surface area contributed by atoms with E-state index in [0.29, 0.717) is 6.04 Å². The van der Waals surface area contributed by atoms with Crippen LogP contribution in [0.25, 0.3) is 0 Å². The lowest BCUT2D eigenvalue weighted by Crippen LogP contribution is -2.51. The van der Waals surface area contributed by atoms with Crippen molar-refractivity contribution < 1.29 is 4.74 Å². The van der Waals surface area contributed by atoms with Gasteiger partial charge in [0.05, 0.1) is 0 Å². The van der Waals surface area contributed by atoms with E-state index in [0.717, 1.165) is 19.9 Å². The SMILES string of the molecule is CCC(C)N1COCN1C(C)(C)C. The molecule has 0 radical (unpaired) electrons. The van der Waals surface area contributed by atoms with Gasteiger partial charge in [-0.05, 0) is 34.1 Å². The molecule has 1 aliphatic heterocycles. The van der Waals surface area contributed by atoms with Gasteiger partial charge < -0.3 is 4.74 Å². The maximum absolute atomic E-state index is 5.47. The monoisotopic (exact) mass is 186 g/mol. The van der Waals surface area contributed by atoms with Gasteiger partial charge in [0, 0.05) is 11.6 Å². The van der Waals surface area contributed by atoms with Crippen LogP contribution in [-0.2, 0) is 4.74 Å². The molecule has 1 aliphatic rings. The molecule has 0 aromatic carbocycles. The van der Waals surface area contributed by atoms with Crippen molar-refractivity contribution in [2.24, 2.45) is 0 Å². The topological polar surface area (TPSA) is 15.7 Å². The van der Waals surface area contributed by atoms with Gasteiger partial charge in [0.1, 0.15) is 13.5 Å². The van der Waals surface area contributed by atoms with Crippen LogP contribution in [0.5, 0.6) is 0 Å². The third kappa shape index (κ3) is 2.42. The van der Waals surface area contributed by atoms with Crippen LogP contribution >= 0.6 is 0 Å². The van der Waals surface area contributed by atoms with Crippen molar-refractivity contribution in [1.82, 2.24) is 10.0 Å². The summed E-state index contributed by atoms with van der Waals surface area (Å²) in [6.45, 7) is 12.6. The van der Waals surface area contributed by atoms with Crippen molar-refractivity contribution in [1.29, 1.82) is 0 Å². The second-order valence-electron chi connectivity index (χ2n) is 4.73. The maximum Gasteiger partial charge on any atom is 0.114 e. The summed E-state index contributed by atoms with van der Waals surface area (Å²) in [7, 11) is 0. The first-order chi connectivity index (χ1) is 5.96. The van der Waals surface area contributed by atoms with Gasteiger partial charge in [-0.15, -0.1) is 0 Å². The number of hydrogen-bond acceptors (Lipinski definition) is 3. The third-order valence-electron chi connectivity index (χ3n) is 2.62. The van der Waals surface area contributed by atoms with E-state index in [1.165, 1.54) is 0 Å². The van der Waals surface area contributed by atoms with Gasteiger partial charge in [0.2, 0.25) is 0 Å². The van der Waals surface area contributed by atoms with E-state index in [9.17, 15) is 0 Å². The van der Waals surface area contributed by atoms with Gasteiger partial charge in [0.25, 0.3) is 0 Å². The smallest absolute Gasteiger partial charge is 0.114 e. The summed E-state index contributed by atoms with van der Waals surface area (Å²) in [6, 6.07) is 0.571. The van der Waals surface area contributed by atoms with E-state index in [4.69, 9.17) is 4.74 Å². The molecule has 13 heavy (non-hydrogen) atoms. The summed E-state index contributed by atoms with van der Waals surface area (Å²) < 4.78 is 5.47. The highest BCUT2D eigenvalue weighted by Crippen LogP contribution is 2.23. The summed E-state index contributed by atoms with van der Waals surface area (Å²) in [6.07, 6.45) is 1.16. The van der Waals surface area contributed by atoms with Crippen LogP contribution < -0.4 is 0 Å².